The molecule has 0 spiro atoms. The number of amides is 1. The van der Waals surface area contributed by atoms with Crippen molar-refractivity contribution < 1.29 is 4.79 Å². The number of hydrogen-bond donors (Lipinski definition) is 1. The molecule has 1 amide bonds. The Morgan fingerprint density at radius 3 is 2.50 bits per heavy atom. The van der Waals surface area contributed by atoms with E-state index in [1.54, 1.807) is 7.05 Å². The summed E-state index contributed by atoms with van der Waals surface area (Å²) in [5.74, 6) is 0.122. The topological polar surface area (TPSA) is 29.1 Å². The molecule has 76 valence electrons. The van der Waals surface area contributed by atoms with Crippen LogP contribution >= 0.6 is 0 Å². The fourth-order valence-electron chi connectivity index (χ4n) is 1.33. The van der Waals surface area contributed by atoms with Crippen molar-refractivity contribution in [3.8, 4) is 0 Å². The molecular formula is C12H17NO. The quantitative estimate of drug-likeness (QED) is 0.775. The molecule has 1 aromatic rings. The highest BCUT2D eigenvalue weighted by Crippen LogP contribution is 2.06. The normalized spacial score (nSPS) is 9.86. The molecule has 2 nitrogen and oxygen atoms in total. The highest BCUT2D eigenvalue weighted by molar-refractivity contribution is 5.75. The van der Waals surface area contributed by atoms with Gasteiger partial charge in [0.25, 0.3) is 0 Å². The molecule has 0 heterocycles. The zero-order chi connectivity index (χ0) is 10.4. The average molecular weight is 191 g/mol. The molecule has 0 aromatic heterocycles. The zero-order valence-corrected chi connectivity index (χ0v) is 8.84. The molecule has 2 heteroatoms. The zero-order valence-electron chi connectivity index (χ0n) is 8.84. The largest absolute Gasteiger partial charge is 0.359 e. The van der Waals surface area contributed by atoms with Crippen LogP contribution in [0.3, 0.4) is 0 Å². The summed E-state index contributed by atoms with van der Waals surface area (Å²) in [4.78, 5) is 10.9. The summed E-state index contributed by atoms with van der Waals surface area (Å²) in [7, 11) is 1.67. The molecule has 0 bridgehead atoms. The van der Waals surface area contributed by atoms with Crippen LogP contribution in [-0.4, -0.2) is 13.0 Å². The predicted molar refractivity (Wildman–Crippen MR) is 58.2 cm³/mol. The van der Waals surface area contributed by atoms with E-state index in [9.17, 15) is 4.79 Å². The minimum atomic E-state index is 0.122. The second kappa shape index (κ2) is 5.43. The Morgan fingerprint density at radius 1 is 1.29 bits per heavy atom. The van der Waals surface area contributed by atoms with Crippen molar-refractivity contribution in [1.29, 1.82) is 0 Å². The fourth-order valence-corrected chi connectivity index (χ4v) is 1.33. The average Bonchev–Trinajstić information content (AvgIpc) is 2.21. The number of carbonyl (C=O) groups excluding carboxylic acids is 1. The summed E-state index contributed by atoms with van der Waals surface area (Å²) < 4.78 is 0. The molecule has 0 saturated carbocycles. The van der Waals surface area contributed by atoms with E-state index in [0.717, 1.165) is 12.8 Å². The maximum atomic E-state index is 10.9. The molecule has 0 aliphatic rings. The number of rotatable bonds is 4. The first-order valence-electron chi connectivity index (χ1n) is 4.98. The van der Waals surface area contributed by atoms with E-state index in [1.165, 1.54) is 11.1 Å². The van der Waals surface area contributed by atoms with Gasteiger partial charge in [-0.05, 0) is 25.3 Å². The number of hydrogen-bond acceptors (Lipinski definition) is 1. The maximum Gasteiger partial charge on any atom is 0.219 e. The van der Waals surface area contributed by atoms with E-state index in [0.29, 0.717) is 6.42 Å². The van der Waals surface area contributed by atoms with Crippen LogP contribution in [0.15, 0.2) is 24.3 Å². The van der Waals surface area contributed by atoms with Crippen LogP contribution in [0, 0.1) is 6.92 Å². The van der Waals surface area contributed by atoms with Crippen LogP contribution in [0.4, 0.5) is 0 Å². The van der Waals surface area contributed by atoms with Gasteiger partial charge in [-0.3, -0.25) is 4.79 Å². The molecule has 0 saturated heterocycles. The monoisotopic (exact) mass is 191 g/mol. The van der Waals surface area contributed by atoms with Gasteiger partial charge in [-0.25, -0.2) is 0 Å². The van der Waals surface area contributed by atoms with E-state index in [4.69, 9.17) is 0 Å². The van der Waals surface area contributed by atoms with Crippen molar-refractivity contribution in [1.82, 2.24) is 5.32 Å². The van der Waals surface area contributed by atoms with Crippen LogP contribution in [0.2, 0.25) is 0 Å². The van der Waals surface area contributed by atoms with E-state index in [1.807, 2.05) is 0 Å². The lowest BCUT2D eigenvalue weighted by molar-refractivity contribution is -0.120. The Kier molecular flexibility index (Phi) is 4.17. The van der Waals surface area contributed by atoms with Gasteiger partial charge in [-0.2, -0.15) is 0 Å². The van der Waals surface area contributed by atoms with Crippen LogP contribution in [-0.2, 0) is 11.2 Å². The highest BCUT2D eigenvalue weighted by atomic mass is 16.1. The van der Waals surface area contributed by atoms with E-state index in [2.05, 4.69) is 36.5 Å². The van der Waals surface area contributed by atoms with Gasteiger partial charge in [0.1, 0.15) is 0 Å². The first-order chi connectivity index (χ1) is 6.72. The number of benzene rings is 1. The molecule has 0 unspecified atom stereocenters. The van der Waals surface area contributed by atoms with Crippen molar-refractivity contribution in [3.63, 3.8) is 0 Å². The standard InChI is InChI=1S/C12H17NO/c1-10-6-8-11(9-7-10)4-3-5-12(14)13-2/h6-9H,3-5H2,1-2H3,(H,13,14). The molecule has 0 aliphatic carbocycles. The van der Waals surface area contributed by atoms with Crippen molar-refractivity contribution in [2.45, 2.75) is 26.2 Å². The summed E-state index contributed by atoms with van der Waals surface area (Å²) >= 11 is 0. The maximum absolute atomic E-state index is 10.9. The van der Waals surface area contributed by atoms with Crippen molar-refractivity contribution in [2.75, 3.05) is 7.05 Å². The molecule has 0 atom stereocenters. The summed E-state index contributed by atoms with van der Waals surface area (Å²) in [6, 6.07) is 8.46. The third kappa shape index (κ3) is 3.60. The van der Waals surface area contributed by atoms with Crippen molar-refractivity contribution in [2.24, 2.45) is 0 Å². The Bertz CT molecular complexity index is 290. The van der Waals surface area contributed by atoms with Crippen LogP contribution in [0.5, 0.6) is 0 Å². The van der Waals surface area contributed by atoms with Gasteiger partial charge >= 0.3 is 0 Å². The Morgan fingerprint density at radius 2 is 1.93 bits per heavy atom. The van der Waals surface area contributed by atoms with Crippen LogP contribution in [0.25, 0.3) is 0 Å². The van der Waals surface area contributed by atoms with Gasteiger partial charge in [0.2, 0.25) is 5.91 Å². The second-order valence-corrected chi connectivity index (χ2v) is 3.51. The van der Waals surface area contributed by atoms with Gasteiger partial charge in [0, 0.05) is 13.5 Å². The van der Waals surface area contributed by atoms with Gasteiger partial charge in [-0.1, -0.05) is 29.8 Å². The minimum Gasteiger partial charge on any atom is -0.359 e. The summed E-state index contributed by atoms with van der Waals surface area (Å²) in [6.07, 6.45) is 2.51. The van der Waals surface area contributed by atoms with E-state index < -0.39 is 0 Å². The Hall–Kier alpha value is -1.31. The lowest BCUT2D eigenvalue weighted by Gasteiger charge is -2.01. The van der Waals surface area contributed by atoms with Gasteiger partial charge in [-0.15, -0.1) is 0 Å². The molecule has 0 radical (unpaired) electrons. The first-order valence-corrected chi connectivity index (χ1v) is 4.98. The summed E-state index contributed by atoms with van der Waals surface area (Å²) in [6.45, 7) is 2.08. The smallest absolute Gasteiger partial charge is 0.219 e. The molecular weight excluding hydrogens is 174 g/mol. The SMILES string of the molecule is CNC(=O)CCCc1ccc(C)cc1. The molecule has 14 heavy (non-hydrogen) atoms. The third-order valence-electron chi connectivity index (χ3n) is 2.27. The molecule has 1 aromatic carbocycles. The van der Waals surface area contributed by atoms with Crippen molar-refractivity contribution in [3.05, 3.63) is 35.4 Å². The van der Waals surface area contributed by atoms with Gasteiger partial charge in [0.15, 0.2) is 0 Å². The minimum absolute atomic E-state index is 0.122. The molecule has 0 fully saturated rings. The number of aryl methyl sites for hydroxylation is 2. The lowest BCUT2D eigenvalue weighted by Crippen LogP contribution is -2.17. The molecule has 1 rings (SSSR count). The Balaban J connectivity index is 2.31. The first kappa shape index (κ1) is 10.8. The number of nitrogens with one attached hydrogen (secondary N) is 1. The predicted octanol–water partition coefficient (Wildman–Crippen LogP) is 2.06. The van der Waals surface area contributed by atoms with Gasteiger partial charge < -0.3 is 5.32 Å². The number of carbonyl (C=O) groups is 1. The highest BCUT2D eigenvalue weighted by Gasteiger charge is 1.98. The van der Waals surface area contributed by atoms with Gasteiger partial charge in [0.05, 0.1) is 0 Å². The fraction of sp³-hybridized carbons (Fsp3) is 0.417. The second-order valence-electron chi connectivity index (χ2n) is 3.51. The van der Waals surface area contributed by atoms with Crippen LogP contribution in [0.1, 0.15) is 24.0 Å². The lowest BCUT2D eigenvalue weighted by atomic mass is 10.1. The van der Waals surface area contributed by atoms with E-state index in [-0.39, 0.29) is 5.91 Å². The van der Waals surface area contributed by atoms with Crippen molar-refractivity contribution >= 4 is 5.91 Å². The summed E-state index contributed by atoms with van der Waals surface area (Å²) in [5, 5.41) is 2.62. The Labute approximate surface area is 85.3 Å². The summed E-state index contributed by atoms with van der Waals surface area (Å²) in [5.41, 5.74) is 2.58. The van der Waals surface area contributed by atoms with E-state index >= 15 is 0 Å². The molecule has 1 N–H and O–H groups in total. The van der Waals surface area contributed by atoms with Crippen LogP contribution < -0.4 is 5.32 Å². The third-order valence-corrected chi connectivity index (χ3v) is 2.27. The molecule has 0 aliphatic heterocycles.